The number of aliphatic hydroxyl groups excluding tert-OH is 1. The van der Waals surface area contributed by atoms with Gasteiger partial charge in [0.1, 0.15) is 0 Å². The Labute approximate surface area is 111 Å². The van der Waals surface area contributed by atoms with E-state index in [0.717, 1.165) is 19.6 Å². The lowest BCUT2D eigenvalue weighted by Gasteiger charge is -2.46. The van der Waals surface area contributed by atoms with E-state index in [2.05, 4.69) is 36.6 Å². The minimum Gasteiger partial charge on any atom is -0.396 e. The van der Waals surface area contributed by atoms with Gasteiger partial charge >= 0.3 is 0 Å². The van der Waals surface area contributed by atoms with Crippen LogP contribution in [0.2, 0.25) is 0 Å². The fourth-order valence-electron chi connectivity index (χ4n) is 2.99. The van der Waals surface area contributed by atoms with Gasteiger partial charge in [0.25, 0.3) is 0 Å². The first-order valence-corrected chi connectivity index (χ1v) is 7.35. The van der Waals surface area contributed by atoms with Gasteiger partial charge in [0.2, 0.25) is 0 Å². The summed E-state index contributed by atoms with van der Waals surface area (Å²) < 4.78 is 6.81. The smallest absolute Gasteiger partial charge is 0.0589 e. The van der Waals surface area contributed by atoms with Crippen molar-refractivity contribution in [1.29, 1.82) is 0 Å². The van der Waals surface area contributed by atoms with Crippen LogP contribution in [0.25, 0.3) is 10.1 Å². The molecule has 1 aromatic carbocycles. The number of benzene rings is 1. The molecular formula is C15H18O2S. The molecule has 0 bridgehead atoms. The summed E-state index contributed by atoms with van der Waals surface area (Å²) in [6.45, 7) is 3.87. The molecule has 3 rings (SSSR count). The molecule has 1 fully saturated rings. The number of rotatable bonds is 4. The monoisotopic (exact) mass is 262 g/mol. The van der Waals surface area contributed by atoms with Crippen molar-refractivity contribution in [2.45, 2.75) is 18.8 Å². The molecule has 1 N–H and O–H groups in total. The zero-order chi connectivity index (χ0) is 12.6. The normalized spacial score (nSPS) is 19.7. The molecule has 3 heteroatoms. The number of fused-ring (bicyclic) bond motifs is 1. The highest BCUT2D eigenvalue weighted by Gasteiger charge is 2.47. The summed E-state index contributed by atoms with van der Waals surface area (Å²) in [5, 5.41) is 13.2. The predicted octanol–water partition coefficient (Wildman–Crippen LogP) is 3.19. The van der Waals surface area contributed by atoms with Crippen molar-refractivity contribution in [2.75, 3.05) is 19.8 Å². The van der Waals surface area contributed by atoms with Gasteiger partial charge in [0.15, 0.2) is 0 Å². The van der Waals surface area contributed by atoms with Crippen molar-refractivity contribution < 1.29 is 9.84 Å². The minimum absolute atomic E-state index is 0.0309. The van der Waals surface area contributed by atoms with Gasteiger partial charge in [0, 0.05) is 16.7 Å². The Kier molecular flexibility index (Phi) is 3.14. The van der Waals surface area contributed by atoms with E-state index in [1.165, 1.54) is 15.6 Å². The average Bonchev–Trinajstić information content (AvgIpc) is 2.78. The van der Waals surface area contributed by atoms with Crippen LogP contribution in [-0.2, 0) is 10.2 Å². The molecule has 2 nitrogen and oxygen atoms in total. The standard InChI is InChI=1S/C15H18O2S/c1-2-11(7-16)15(9-17-10-15)13-8-18-14-6-4-3-5-12(13)14/h3-6,8,11,16H,2,7,9-10H2,1H3. The zero-order valence-corrected chi connectivity index (χ0v) is 11.4. The van der Waals surface area contributed by atoms with Crippen molar-refractivity contribution >= 4 is 21.4 Å². The number of aliphatic hydroxyl groups is 1. The van der Waals surface area contributed by atoms with Gasteiger partial charge in [-0.3, -0.25) is 0 Å². The molecule has 1 atom stereocenters. The molecule has 0 radical (unpaired) electrons. The van der Waals surface area contributed by atoms with Crippen LogP contribution in [0.1, 0.15) is 18.9 Å². The number of ether oxygens (including phenoxy) is 1. The van der Waals surface area contributed by atoms with Crippen LogP contribution in [-0.4, -0.2) is 24.9 Å². The fraction of sp³-hybridized carbons (Fsp3) is 0.467. The third-order valence-corrected chi connectivity index (χ3v) is 5.19. The second-order valence-electron chi connectivity index (χ2n) is 5.08. The molecule has 0 saturated carbocycles. The molecule has 2 heterocycles. The van der Waals surface area contributed by atoms with E-state index in [9.17, 15) is 5.11 Å². The highest BCUT2D eigenvalue weighted by atomic mass is 32.1. The second-order valence-corrected chi connectivity index (χ2v) is 5.99. The first-order valence-electron chi connectivity index (χ1n) is 6.47. The third-order valence-electron chi connectivity index (χ3n) is 4.23. The van der Waals surface area contributed by atoms with Gasteiger partial charge in [-0.1, -0.05) is 31.5 Å². The Morgan fingerprint density at radius 3 is 2.78 bits per heavy atom. The summed E-state index contributed by atoms with van der Waals surface area (Å²) in [6.07, 6.45) is 0.990. The SMILES string of the molecule is CCC(CO)C1(c2csc3ccccc23)COC1. The summed E-state index contributed by atoms with van der Waals surface area (Å²) >= 11 is 1.79. The van der Waals surface area contributed by atoms with Gasteiger partial charge in [-0.2, -0.15) is 0 Å². The Morgan fingerprint density at radius 2 is 2.17 bits per heavy atom. The maximum absolute atomic E-state index is 9.65. The Hall–Kier alpha value is -0.900. The van der Waals surface area contributed by atoms with Crippen LogP contribution >= 0.6 is 11.3 Å². The summed E-state index contributed by atoms with van der Waals surface area (Å²) in [4.78, 5) is 0. The van der Waals surface area contributed by atoms with Crippen molar-refractivity contribution in [1.82, 2.24) is 0 Å². The molecule has 1 aliphatic heterocycles. The Bertz CT molecular complexity index is 538. The van der Waals surface area contributed by atoms with E-state index in [-0.39, 0.29) is 12.0 Å². The lowest BCUT2D eigenvalue weighted by atomic mass is 9.68. The third kappa shape index (κ3) is 1.62. The highest BCUT2D eigenvalue weighted by molar-refractivity contribution is 7.17. The lowest BCUT2D eigenvalue weighted by molar-refractivity contribution is -0.100. The van der Waals surface area contributed by atoms with Crippen molar-refractivity contribution in [3.63, 3.8) is 0 Å². The molecule has 0 amide bonds. The van der Waals surface area contributed by atoms with Crippen LogP contribution in [0.5, 0.6) is 0 Å². The zero-order valence-electron chi connectivity index (χ0n) is 10.6. The van der Waals surface area contributed by atoms with Crippen molar-refractivity contribution in [3.05, 3.63) is 35.2 Å². The van der Waals surface area contributed by atoms with E-state index in [0.29, 0.717) is 5.92 Å². The van der Waals surface area contributed by atoms with E-state index in [1.807, 2.05) is 0 Å². The minimum atomic E-state index is 0.0309. The summed E-state index contributed by atoms with van der Waals surface area (Å²) in [7, 11) is 0. The van der Waals surface area contributed by atoms with Gasteiger partial charge in [-0.15, -0.1) is 11.3 Å². The van der Waals surface area contributed by atoms with Crippen LogP contribution < -0.4 is 0 Å². The van der Waals surface area contributed by atoms with Crippen LogP contribution in [0.3, 0.4) is 0 Å². The summed E-state index contributed by atoms with van der Waals surface area (Å²) in [5.41, 5.74) is 1.40. The summed E-state index contributed by atoms with van der Waals surface area (Å²) in [5.74, 6) is 0.296. The molecule has 0 aliphatic carbocycles. The number of hydrogen-bond donors (Lipinski definition) is 1. The van der Waals surface area contributed by atoms with E-state index < -0.39 is 0 Å². The van der Waals surface area contributed by atoms with Crippen LogP contribution in [0.15, 0.2) is 29.6 Å². The van der Waals surface area contributed by atoms with Crippen LogP contribution in [0.4, 0.5) is 0 Å². The molecule has 2 aromatic rings. The summed E-state index contributed by atoms with van der Waals surface area (Å²) in [6, 6.07) is 8.52. The molecule has 18 heavy (non-hydrogen) atoms. The first kappa shape index (κ1) is 12.2. The average molecular weight is 262 g/mol. The predicted molar refractivity (Wildman–Crippen MR) is 75.2 cm³/mol. The van der Waals surface area contributed by atoms with Gasteiger partial charge < -0.3 is 9.84 Å². The quantitative estimate of drug-likeness (QED) is 0.917. The van der Waals surface area contributed by atoms with Crippen LogP contribution in [0, 0.1) is 5.92 Å². The topological polar surface area (TPSA) is 29.5 Å². The van der Waals surface area contributed by atoms with Crippen molar-refractivity contribution in [3.8, 4) is 0 Å². The molecule has 1 unspecified atom stereocenters. The van der Waals surface area contributed by atoms with Crippen molar-refractivity contribution in [2.24, 2.45) is 5.92 Å². The fourth-order valence-corrected chi connectivity index (χ4v) is 4.06. The van der Waals surface area contributed by atoms with Gasteiger partial charge in [-0.05, 0) is 28.3 Å². The molecular weight excluding hydrogens is 244 g/mol. The lowest BCUT2D eigenvalue weighted by Crippen LogP contribution is -2.53. The van der Waals surface area contributed by atoms with E-state index in [4.69, 9.17) is 4.74 Å². The molecule has 1 saturated heterocycles. The maximum Gasteiger partial charge on any atom is 0.0589 e. The largest absolute Gasteiger partial charge is 0.396 e. The molecule has 1 aromatic heterocycles. The first-order chi connectivity index (χ1) is 8.81. The Morgan fingerprint density at radius 1 is 1.39 bits per heavy atom. The molecule has 0 spiro atoms. The number of thiophene rings is 1. The second kappa shape index (κ2) is 4.65. The Balaban J connectivity index is 2.11. The number of hydrogen-bond acceptors (Lipinski definition) is 3. The van der Waals surface area contributed by atoms with E-state index in [1.54, 1.807) is 11.3 Å². The van der Waals surface area contributed by atoms with E-state index >= 15 is 0 Å². The van der Waals surface area contributed by atoms with Gasteiger partial charge in [-0.25, -0.2) is 0 Å². The molecule has 96 valence electrons. The highest BCUT2D eigenvalue weighted by Crippen LogP contribution is 2.45. The maximum atomic E-state index is 9.65. The molecule has 1 aliphatic rings. The van der Waals surface area contributed by atoms with Gasteiger partial charge in [0.05, 0.1) is 13.2 Å².